The van der Waals surface area contributed by atoms with E-state index in [9.17, 15) is 4.79 Å². The highest BCUT2D eigenvalue weighted by molar-refractivity contribution is 5.82. The predicted octanol–water partition coefficient (Wildman–Crippen LogP) is 0.716. The standard InChI is InChI=1S/C16H34N4O/c1-14-8-9-17-15(14)16(21)20(12-6-10-18(2)3)13-7-11-19(4)5/h14-15,17H,6-13H2,1-5H3. The lowest BCUT2D eigenvalue weighted by Crippen LogP contribution is -2.47. The van der Waals surface area contributed by atoms with Crippen LogP contribution in [0.3, 0.4) is 0 Å². The van der Waals surface area contributed by atoms with E-state index < -0.39 is 0 Å². The summed E-state index contributed by atoms with van der Waals surface area (Å²) in [5.74, 6) is 0.764. The molecule has 2 atom stereocenters. The molecule has 1 heterocycles. The summed E-state index contributed by atoms with van der Waals surface area (Å²) < 4.78 is 0. The molecule has 0 spiro atoms. The largest absolute Gasteiger partial charge is 0.341 e. The number of carbonyl (C=O) groups is 1. The second-order valence-electron chi connectivity index (χ2n) is 6.84. The monoisotopic (exact) mass is 298 g/mol. The lowest BCUT2D eigenvalue weighted by Gasteiger charge is -2.28. The van der Waals surface area contributed by atoms with Crippen molar-refractivity contribution in [1.29, 1.82) is 0 Å². The third-order valence-electron chi connectivity index (χ3n) is 4.18. The Hall–Kier alpha value is -0.650. The molecule has 2 unspecified atom stereocenters. The van der Waals surface area contributed by atoms with Gasteiger partial charge in [0, 0.05) is 13.1 Å². The van der Waals surface area contributed by atoms with Gasteiger partial charge in [-0.25, -0.2) is 0 Å². The number of amides is 1. The number of hydrogen-bond donors (Lipinski definition) is 1. The summed E-state index contributed by atoms with van der Waals surface area (Å²) in [4.78, 5) is 19.2. The van der Waals surface area contributed by atoms with Crippen LogP contribution in [0.2, 0.25) is 0 Å². The first kappa shape index (κ1) is 18.4. The van der Waals surface area contributed by atoms with Gasteiger partial charge in [0.2, 0.25) is 5.91 Å². The minimum atomic E-state index is 0.0312. The van der Waals surface area contributed by atoms with E-state index in [-0.39, 0.29) is 6.04 Å². The van der Waals surface area contributed by atoms with Crippen LogP contribution in [0.4, 0.5) is 0 Å². The van der Waals surface area contributed by atoms with Crippen LogP contribution in [0.25, 0.3) is 0 Å². The lowest BCUT2D eigenvalue weighted by atomic mass is 10.0. The Labute approximate surface area is 130 Å². The van der Waals surface area contributed by atoms with Crippen molar-refractivity contribution in [2.45, 2.75) is 32.2 Å². The zero-order valence-corrected chi connectivity index (χ0v) is 14.6. The van der Waals surface area contributed by atoms with Crippen molar-refractivity contribution in [3.63, 3.8) is 0 Å². The highest BCUT2D eigenvalue weighted by atomic mass is 16.2. The van der Waals surface area contributed by atoms with Gasteiger partial charge in [0.15, 0.2) is 0 Å². The van der Waals surface area contributed by atoms with E-state index in [1.54, 1.807) is 0 Å². The summed E-state index contributed by atoms with van der Waals surface area (Å²) in [6, 6.07) is 0.0312. The molecule has 5 nitrogen and oxygen atoms in total. The molecule has 1 saturated heterocycles. The second kappa shape index (κ2) is 9.38. The molecule has 21 heavy (non-hydrogen) atoms. The third kappa shape index (κ3) is 6.76. The molecule has 0 bridgehead atoms. The van der Waals surface area contributed by atoms with E-state index >= 15 is 0 Å². The fourth-order valence-corrected chi connectivity index (χ4v) is 2.85. The minimum Gasteiger partial charge on any atom is -0.341 e. The Bertz CT molecular complexity index is 293. The molecular weight excluding hydrogens is 264 g/mol. The fourth-order valence-electron chi connectivity index (χ4n) is 2.85. The van der Waals surface area contributed by atoms with Crippen LogP contribution in [0.1, 0.15) is 26.2 Å². The predicted molar refractivity (Wildman–Crippen MR) is 88.5 cm³/mol. The van der Waals surface area contributed by atoms with E-state index in [4.69, 9.17) is 0 Å². The van der Waals surface area contributed by atoms with E-state index in [2.05, 4.69) is 55.1 Å². The van der Waals surface area contributed by atoms with Crippen LogP contribution >= 0.6 is 0 Å². The maximum atomic E-state index is 12.7. The van der Waals surface area contributed by atoms with Gasteiger partial charge in [-0.3, -0.25) is 4.79 Å². The molecule has 5 heteroatoms. The van der Waals surface area contributed by atoms with Crippen LogP contribution in [-0.4, -0.2) is 87.6 Å². The molecule has 0 radical (unpaired) electrons. The first-order valence-corrected chi connectivity index (χ1v) is 8.23. The van der Waals surface area contributed by atoms with Crippen molar-refractivity contribution in [1.82, 2.24) is 20.0 Å². The van der Waals surface area contributed by atoms with Gasteiger partial charge in [-0.2, -0.15) is 0 Å². The topological polar surface area (TPSA) is 38.8 Å². The Morgan fingerprint density at radius 1 is 1.00 bits per heavy atom. The maximum absolute atomic E-state index is 12.7. The minimum absolute atomic E-state index is 0.0312. The smallest absolute Gasteiger partial charge is 0.239 e. The Morgan fingerprint density at radius 3 is 1.90 bits per heavy atom. The molecule has 0 saturated carbocycles. The van der Waals surface area contributed by atoms with Crippen molar-refractivity contribution in [3.8, 4) is 0 Å². The molecule has 1 rings (SSSR count). The molecule has 0 aromatic carbocycles. The van der Waals surface area contributed by atoms with Gasteiger partial charge in [0.1, 0.15) is 0 Å². The molecule has 1 fully saturated rings. The maximum Gasteiger partial charge on any atom is 0.239 e. The summed E-state index contributed by atoms with van der Waals surface area (Å²) in [5, 5.41) is 3.37. The van der Waals surface area contributed by atoms with Crippen molar-refractivity contribution in [2.75, 3.05) is 60.9 Å². The van der Waals surface area contributed by atoms with Crippen molar-refractivity contribution in [2.24, 2.45) is 5.92 Å². The van der Waals surface area contributed by atoms with E-state index in [1.807, 2.05) is 0 Å². The van der Waals surface area contributed by atoms with Crippen LogP contribution in [0.15, 0.2) is 0 Å². The number of nitrogens with zero attached hydrogens (tertiary/aromatic N) is 3. The first-order chi connectivity index (χ1) is 9.91. The van der Waals surface area contributed by atoms with E-state index in [0.717, 1.165) is 52.0 Å². The van der Waals surface area contributed by atoms with Gasteiger partial charge < -0.3 is 20.0 Å². The fraction of sp³-hybridized carbons (Fsp3) is 0.938. The van der Waals surface area contributed by atoms with Gasteiger partial charge in [0.25, 0.3) is 0 Å². The highest BCUT2D eigenvalue weighted by Gasteiger charge is 2.32. The lowest BCUT2D eigenvalue weighted by molar-refractivity contribution is -0.134. The van der Waals surface area contributed by atoms with Crippen molar-refractivity contribution < 1.29 is 4.79 Å². The average Bonchev–Trinajstić information content (AvgIpc) is 2.81. The van der Waals surface area contributed by atoms with E-state index in [1.165, 1.54) is 0 Å². The van der Waals surface area contributed by atoms with Gasteiger partial charge in [-0.15, -0.1) is 0 Å². The molecule has 0 aromatic rings. The SMILES string of the molecule is CC1CCNC1C(=O)N(CCCN(C)C)CCCN(C)C. The summed E-state index contributed by atoms with van der Waals surface area (Å²) in [5.41, 5.74) is 0. The number of hydrogen-bond acceptors (Lipinski definition) is 4. The highest BCUT2D eigenvalue weighted by Crippen LogP contribution is 2.17. The normalized spacial score (nSPS) is 22.2. The Morgan fingerprint density at radius 2 is 1.52 bits per heavy atom. The molecule has 1 aliphatic heterocycles. The Balaban J connectivity index is 2.50. The molecule has 0 aromatic heterocycles. The Kier molecular flexibility index (Phi) is 8.22. The molecule has 1 aliphatic rings. The summed E-state index contributed by atoms with van der Waals surface area (Å²) in [6.07, 6.45) is 3.20. The third-order valence-corrected chi connectivity index (χ3v) is 4.18. The van der Waals surface area contributed by atoms with Crippen LogP contribution in [0, 0.1) is 5.92 Å². The van der Waals surface area contributed by atoms with E-state index in [0.29, 0.717) is 11.8 Å². The molecule has 124 valence electrons. The van der Waals surface area contributed by atoms with Crippen LogP contribution in [0.5, 0.6) is 0 Å². The number of nitrogens with one attached hydrogen (secondary N) is 1. The summed E-state index contributed by atoms with van der Waals surface area (Å²) in [7, 11) is 8.33. The first-order valence-electron chi connectivity index (χ1n) is 8.23. The molecule has 1 amide bonds. The van der Waals surface area contributed by atoms with Gasteiger partial charge >= 0.3 is 0 Å². The molecule has 0 aliphatic carbocycles. The number of carbonyl (C=O) groups excluding carboxylic acids is 1. The average molecular weight is 298 g/mol. The zero-order chi connectivity index (χ0) is 15.8. The van der Waals surface area contributed by atoms with Crippen LogP contribution in [-0.2, 0) is 4.79 Å². The van der Waals surface area contributed by atoms with Gasteiger partial charge in [-0.05, 0) is 73.0 Å². The van der Waals surface area contributed by atoms with Crippen molar-refractivity contribution in [3.05, 3.63) is 0 Å². The van der Waals surface area contributed by atoms with Gasteiger partial charge in [0.05, 0.1) is 6.04 Å². The summed E-state index contributed by atoms with van der Waals surface area (Å²) >= 11 is 0. The number of rotatable bonds is 9. The zero-order valence-electron chi connectivity index (χ0n) is 14.6. The quantitative estimate of drug-likeness (QED) is 0.681. The van der Waals surface area contributed by atoms with Gasteiger partial charge in [-0.1, -0.05) is 6.92 Å². The molecular formula is C16H34N4O. The second-order valence-corrected chi connectivity index (χ2v) is 6.84. The summed E-state index contributed by atoms with van der Waals surface area (Å²) in [6.45, 7) is 6.96. The van der Waals surface area contributed by atoms with Crippen molar-refractivity contribution >= 4 is 5.91 Å². The molecule has 1 N–H and O–H groups in total. The van der Waals surface area contributed by atoms with Crippen LogP contribution < -0.4 is 5.32 Å².